The van der Waals surface area contributed by atoms with E-state index in [9.17, 15) is 4.79 Å². The molecule has 0 spiro atoms. The molecule has 1 saturated carbocycles. The van der Waals surface area contributed by atoms with Crippen LogP contribution in [0.1, 0.15) is 58.8 Å². The van der Waals surface area contributed by atoms with Gasteiger partial charge in [0.15, 0.2) is 0 Å². The van der Waals surface area contributed by atoms with E-state index in [2.05, 4.69) is 24.1 Å². The van der Waals surface area contributed by atoms with Gasteiger partial charge < -0.3 is 15.3 Å². The minimum absolute atomic E-state index is 0.0985. The zero-order valence-electron chi connectivity index (χ0n) is 13.0. The second kappa shape index (κ2) is 7.41. The highest BCUT2D eigenvalue weighted by molar-refractivity contribution is 5.70. The van der Waals surface area contributed by atoms with Gasteiger partial charge in [0.05, 0.1) is 5.92 Å². The molecule has 0 amide bonds. The Morgan fingerprint density at radius 2 is 1.70 bits per heavy atom. The fourth-order valence-electron chi connectivity index (χ4n) is 3.64. The molecular formula is C16H30N2O2. The van der Waals surface area contributed by atoms with Crippen molar-refractivity contribution in [3.8, 4) is 0 Å². The number of nitrogens with zero attached hydrogens (tertiary/aromatic N) is 1. The van der Waals surface area contributed by atoms with Crippen molar-refractivity contribution in [1.82, 2.24) is 10.2 Å². The second-order valence-corrected chi connectivity index (χ2v) is 6.81. The molecule has 116 valence electrons. The first-order valence-corrected chi connectivity index (χ1v) is 8.29. The SMILES string of the molecule is CC(C)N1CCCC(NC2CCC(C(=O)O)CC2)CC1. The van der Waals surface area contributed by atoms with Gasteiger partial charge >= 0.3 is 5.97 Å². The highest BCUT2D eigenvalue weighted by Crippen LogP contribution is 2.25. The quantitative estimate of drug-likeness (QED) is 0.832. The highest BCUT2D eigenvalue weighted by atomic mass is 16.4. The van der Waals surface area contributed by atoms with Gasteiger partial charge in [-0.25, -0.2) is 0 Å². The molecule has 2 fully saturated rings. The average molecular weight is 282 g/mol. The third-order valence-corrected chi connectivity index (χ3v) is 5.04. The minimum atomic E-state index is -0.606. The van der Waals surface area contributed by atoms with Gasteiger partial charge in [-0.05, 0) is 71.9 Å². The van der Waals surface area contributed by atoms with Crippen molar-refractivity contribution in [2.45, 2.75) is 76.9 Å². The number of carboxylic acids is 1. The number of aliphatic carboxylic acids is 1. The average Bonchev–Trinajstić information content (AvgIpc) is 2.65. The maximum Gasteiger partial charge on any atom is 0.306 e. The Labute approximate surface area is 122 Å². The fourth-order valence-corrected chi connectivity index (χ4v) is 3.64. The largest absolute Gasteiger partial charge is 0.481 e. The number of likely N-dealkylation sites (tertiary alicyclic amines) is 1. The minimum Gasteiger partial charge on any atom is -0.481 e. The van der Waals surface area contributed by atoms with E-state index in [0.29, 0.717) is 18.1 Å². The van der Waals surface area contributed by atoms with Gasteiger partial charge in [0.25, 0.3) is 0 Å². The van der Waals surface area contributed by atoms with Crippen LogP contribution in [0.5, 0.6) is 0 Å². The van der Waals surface area contributed by atoms with Crippen LogP contribution in [0.15, 0.2) is 0 Å². The lowest BCUT2D eigenvalue weighted by molar-refractivity contribution is -0.142. The van der Waals surface area contributed by atoms with Crippen molar-refractivity contribution in [2.75, 3.05) is 13.1 Å². The normalized spacial score (nSPS) is 33.0. The summed E-state index contributed by atoms with van der Waals surface area (Å²) in [6.45, 7) is 6.98. The second-order valence-electron chi connectivity index (χ2n) is 6.81. The van der Waals surface area contributed by atoms with E-state index in [1.54, 1.807) is 0 Å². The molecule has 2 aliphatic rings. The predicted molar refractivity (Wildman–Crippen MR) is 80.9 cm³/mol. The standard InChI is InChI=1S/C16H30N2O2/c1-12(2)18-10-3-4-14(9-11-18)17-15-7-5-13(6-8-15)16(19)20/h12-15,17H,3-11H2,1-2H3,(H,19,20). The molecule has 1 aliphatic heterocycles. The molecule has 1 heterocycles. The number of carboxylic acid groups (broad SMARTS) is 1. The molecule has 0 aromatic rings. The van der Waals surface area contributed by atoms with Crippen LogP contribution in [0.4, 0.5) is 0 Å². The molecule has 1 aliphatic carbocycles. The summed E-state index contributed by atoms with van der Waals surface area (Å²) in [7, 11) is 0. The van der Waals surface area contributed by atoms with E-state index in [1.807, 2.05) is 0 Å². The van der Waals surface area contributed by atoms with Gasteiger partial charge in [-0.15, -0.1) is 0 Å². The van der Waals surface area contributed by atoms with Gasteiger partial charge in [0.1, 0.15) is 0 Å². The summed E-state index contributed by atoms with van der Waals surface area (Å²) in [4.78, 5) is 13.5. The summed E-state index contributed by atoms with van der Waals surface area (Å²) < 4.78 is 0. The van der Waals surface area contributed by atoms with Gasteiger partial charge in [-0.1, -0.05) is 0 Å². The number of hydrogen-bond acceptors (Lipinski definition) is 3. The first kappa shape index (κ1) is 15.8. The number of nitrogens with one attached hydrogen (secondary N) is 1. The zero-order chi connectivity index (χ0) is 14.5. The molecule has 2 N–H and O–H groups in total. The third-order valence-electron chi connectivity index (χ3n) is 5.04. The van der Waals surface area contributed by atoms with Gasteiger partial charge in [-0.3, -0.25) is 4.79 Å². The van der Waals surface area contributed by atoms with Crippen molar-refractivity contribution in [3.63, 3.8) is 0 Å². The van der Waals surface area contributed by atoms with Crippen molar-refractivity contribution >= 4 is 5.97 Å². The molecular weight excluding hydrogens is 252 g/mol. The maximum absolute atomic E-state index is 11.0. The Bertz CT molecular complexity index is 312. The third kappa shape index (κ3) is 4.45. The summed E-state index contributed by atoms with van der Waals surface area (Å²) in [6.07, 6.45) is 7.53. The highest BCUT2D eigenvalue weighted by Gasteiger charge is 2.27. The Balaban J connectivity index is 1.73. The maximum atomic E-state index is 11.0. The Kier molecular flexibility index (Phi) is 5.85. The van der Waals surface area contributed by atoms with Crippen LogP contribution in [0.3, 0.4) is 0 Å². The van der Waals surface area contributed by atoms with Crippen LogP contribution in [-0.2, 0) is 4.79 Å². The summed E-state index contributed by atoms with van der Waals surface area (Å²) >= 11 is 0. The van der Waals surface area contributed by atoms with E-state index >= 15 is 0 Å². The summed E-state index contributed by atoms with van der Waals surface area (Å²) in [5, 5.41) is 12.8. The van der Waals surface area contributed by atoms with E-state index in [4.69, 9.17) is 5.11 Å². The molecule has 1 saturated heterocycles. The van der Waals surface area contributed by atoms with E-state index < -0.39 is 5.97 Å². The summed E-state index contributed by atoms with van der Waals surface area (Å²) in [5.41, 5.74) is 0. The monoisotopic (exact) mass is 282 g/mol. The van der Waals surface area contributed by atoms with Crippen molar-refractivity contribution in [2.24, 2.45) is 5.92 Å². The summed E-state index contributed by atoms with van der Waals surface area (Å²) in [6, 6.07) is 1.83. The molecule has 4 heteroatoms. The van der Waals surface area contributed by atoms with Gasteiger partial charge in [0.2, 0.25) is 0 Å². The number of carbonyl (C=O) groups is 1. The Morgan fingerprint density at radius 3 is 2.30 bits per heavy atom. The Morgan fingerprint density at radius 1 is 1.05 bits per heavy atom. The lowest BCUT2D eigenvalue weighted by Gasteiger charge is -2.30. The predicted octanol–water partition coefficient (Wildman–Crippen LogP) is 2.48. The number of rotatable bonds is 4. The molecule has 2 rings (SSSR count). The van der Waals surface area contributed by atoms with Crippen molar-refractivity contribution in [3.05, 3.63) is 0 Å². The molecule has 4 nitrogen and oxygen atoms in total. The van der Waals surface area contributed by atoms with Crippen LogP contribution in [0, 0.1) is 5.92 Å². The van der Waals surface area contributed by atoms with Gasteiger partial charge in [-0.2, -0.15) is 0 Å². The zero-order valence-corrected chi connectivity index (χ0v) is 13.0. The van der Waals surface area contributed by atoms with Crippen molar-refractivity contribution < 1.29 is 9.90 Å². The smallest absolute Gasteiger partial charge is 0.306 e. The van der Waals surface area contributed by atoms with E-state index in [1.165, 1.54) is 32.4 Å². The van der Waals surface area contributed by atoms with Crippen LogP contribution in [-0.4, -0.2) is 47.2 Å². The summed E-state index contributed by atoms with van der Waals surface area (Å²) in [5.74, 6) is -0.705. The van der Waals surface area contributed by atoms with Crippen LogP contribution in [0.2, 0.25) is 0 Å². The fraction of sp³-hybridized carbons (Fsp3) is 0.938. The van der Waals surface area contributed by atoms with Crippen LogP contribution >= 0.6 is 0 Å². The molecule has 0 aromatic heterocycles. The molecule has 1 unspecified atom stereocenters. The van der Waals surface area contributed by atoms with Crippen LogP contribution < -0.4 is 5.32 Å². The molecule has 0 aromatic carbocycles. The van der Waals surface area contributed by atoms with E-state index in [0.717, 1.165) is 25.7 Å². The molecule has 0 bridgehead atoms. The van der Waals surface area contributed by atoms with Gasteiger partial charge in [0, 0.05) is 18.1 Å². The topological polar surface area (TPSA) is 52.6 Å². The molecule has 1 atom stereocenters. The Hall–Kier alpha value is -0.610. The van der Waals surface area contributed by atoms with Crippen LogP contribution in [0.25, 0.3) is 0 Å². The first-order chi connectivity index (χ1) is 9.56. The molecule has 0 radical (unpaired) electrons. The van der Waals surface area contributed by atoms with Crippen molar-refractivity contribution in [1.29, 1.82) is 0 Å². The molecule has 20 heavy (non-hydrogen) atoms. The lowest BCUT2D eigenvalue weighted by Crippen LogP contribution is -2.42. The lowest BCUT2D eigenvalue weighted by atomic mass is 9.85. The first-order valence-electron chi connectivity index (χ1n) is 8.29. The number of hydrogen-bond donors (Lipinski definition) is 2. The van der Waals surface area contributed by atoms with E-state index in [-0.39, 0.29) is 5.92 Å².